The molecule has 0 saturated carbocycles. The first-order valence-electron chi connectivity index (χ1n) is 5.23. The van der Waals surface area contributed by atoms with Crippen LogP contribution in [0.1, 0.15) is 40.5 Å². The van der Waals surface area contributed by atoms with Gasteiger partial charge in [-0.05, 0) is 25.9 Å². The Balaban J connectivity index is 0. The van der Waals surface area contributed by atoms with E-state index in [1.54, 1.807) is 0 Å². The van der Waals surface area contributed by atoms with Crippen LogP contribution in [0.25, 0.3) is 0 Å². The SMILES string of the molecule is CCC(O)(CC)CN.CCNCC. The minimum absolute atomic E-state index is 0.375. The van der Waals surface area contributed by atoms with E-state index in [2.05, 4.69) is 19.2 Å². The first-order valence-corrected chi connectivity index (χ1v) is 5.23. The maximum atomic E-state index is 9.31. The van der Waals surface area contributed by atoms with Crippen molar-refractivity contribution in [1.82, 2.24) is 5.32 Å². The topological polar surface area (TPSA) is 58.3 Å². The molecule has 0 atom stereocenters. The van der Waals surface area contributed by atoms with Gasteiger partial charge in [0, 0.05) is 6.54 Å². The van der Waals surface area contributed by atoms with Gasteiger partial charge < -0.3 is 16.2 Å². The van der Waals surface area contributed by atoms with Crippen molar-refractivity contribution in [3.05, 3.63) is 0 Å². The lowest BCUT2D eigenvalue weighted by molar-refractivity contribution is 0.0414. The predicted octanol–water partition coefficient (Wildman–Crippen LogP) is 1.11. The van der Waals surface area contributed by atoms with Gasteiger partial charge in [-0.1, -0.05) is 27.7 Å². The summed E-state index contributed by atoms with van der Waals surface area (Å²) < 4.78 is 0. The van der Waals surface area contributed by atoms with Crippen LogP contribution in [-0.4, -0.2) is 30.3 Å². The van der Waals surface area contributed by atoms with E-state index in [1.165, 1.54) is 0 Å². The van der Waals surface area contributed by atoms with Crippen LogP contribution >= 0.6 is 0 Å². The van der Waals surface area contributed by atoms with Gasteiger partial charge in [0.25, 0.3) is 0 Å². The fourth-order valence-electron chi connectivity index (χ4n) is 0.789. The van der Waals surface area contributed by atoms with Gasteiger partial charge in [0.1, 0.15) is 0 Å². The number of nitrogens with one attached hydrogen (secondary N) is 1. The summed E-state index contributed by atoms with van der Waals surface area (Å²) in [4.78, 5) is 0. The van der Waals surface area contributed by atoms with E-state index in [4.69, 9.17) is 5.73 Å². The molecule has 13 heavy (non-hydrogen) atoms. The fourth-order valence-corrected chi connectivity index (χ4v) is 0.789. The van der Waals surface area contributed by atoms with Crippen molar-refractivity contribution in [2.45, 2.75) is 46.1 Å². The average molecular weight is 190 g/mol. The molecule has 0 aromatic carbocycles. The van der Waals surface area contributed by atoms with E-state index in [1.807, 2.05) is 13.8 Å². The lowest BCUT2D eigenvalue weighted by Gasteiger charge is -2.21. The monoisotopic (exact) mass is 190 g/mol. The highest BCUT2D eigenvalue weighted by Gasteiger charge is 2.18. The van der Waals surface area contributed by atoms with Crippen LogP contribution in [-0.2, 0) is 0 Å². The lowest BCUT2D eigenvalue weighted by Crippen LogP contribution is -2.35. The van der Waals surface area contributed by atoms with Crippen LogP contribution < -0.4 is 11.1 Å². The summed E-state index contributed by atoms with van der Waals surface area (Å²) in [7, 11) is 0. The first kappa shape index (κ1) is 15.4. The second kappa shape index (κ2) is 9.96. The highest BCUT2D eigenvalue weighted by atomic mass is 16.3. The molecule has 0 rings (SSSR count). The van der Waals surface area contributed by atoms with Gasteiger partial charge in [-0.15, -0.1) is 0 Å². The third kappa shape index (κ3) is 9.80. The molecule has 3 heteroatoms. The van der Waals surface area contributed by atoms with Crippen molar-refractivity contribution < 1.29 is 5.11 Å². The Morgan fingerprint density at radius 2 is 1.46 bits per heavy atom. The molecule has 0 aromatic heterocycles. The summed E-state index contributed by atoms with van der Waals surface area (Å²) in [5, 5.41) is 12.4. The highest BCUT2D eigenvalue weighted by molar-refractivity contribution is 4.74. The molecule has 0 amide bonds. The lowest BCUT2D eigenvalue weighted by atomic mass is 9.98. The molecule has 4 N–H and O–H groups in total. The summed E-state index contributed by atoms with van der Waals surface area (Å²) in [6, 6.07) is 0. The number of aliphatic hydroxyl groups is 1. The molecule has 0 aliphatic rings. The van der Waals surface area contributed by atoms with Crippen molar-refractivity contribution in [2.24, 2.45) is 5.73 Å². The van der Waals surface area contributed by atoms with Gasteiger partial charge in [0.2, 0.25) is 0 Å². The first-order chi connectivity index (χ1) is 6.10. The quantitative estimate of drug-likeness (QED) is 0.609. The van der Waals surface area contributed by atoms with Crippen molar-refractivity contribution in [3.8, 4) is 0 Å². The zero-order valence-corrected chi connectivity index (χ0v) is 9.56. The Bertz CT molecular complexity index is 82.7. The molecule has 82 valence electrons. The zero-order valence-electron chi connectivity index (χ0n) is 9.56. The fraction of sp³-hybridized carbons (Fsp3) is 1.00. The molecule has 0 saturated heterocycles. The van der Waals surface area contributed by atoms with Gasteiger partial charge in [-0.3, -0.25) is 0 Å². The van der Waals surface area contributed by atoms with Crippen molar-refractivity contribution in [1.29, 1.82) is 0 Å². The Kier molecular flexibility index (Phi) is 11.8. The molecule has 3 nitrogen and oxygen atoms in total. The summed E-state index contributed by atoms with van der Waals surface area (Å²) in [5.74, 6) is 0. The van der Waals surface area contributed by atoms with Crippen LogP contribution in [0.5, 0.6) is 0 Å². The van der Waals surface area contributed by atoms with E-state index >= 15 is 0 Å². The normalized spacial score (nSPS) is 10.6. The second-order valence-corrected chi connectivity index (χ2v) is 3.09. The zero-order chi connectivity index (χ0) is 10.7. The van der Waals surface area contributed by atoms with Crippen LogP contribution in [0.4, 0.5) is 0 Å². The summed E-state index contributed by atoms with van der Waals surface area (Å²) in [5.41, 5.74) is 4.68. The van der Waals surface area contributed by atoms with Crippen LogP contribution in [0.3, 0.4) is 0 Å². The molecular weight excluding hydrogens is 164 g/mol. The second-order valence-electron chi connectivity index (χ2n) is 3.09. The van der Waals surface area contributed by atoms with Gasteiger partial charge in [0.05, 0.1) is 5.60 Å². The highest BCUT2D eigenvalue weighted by Crippen LogP contribution is 2.10. The summed E-state index contributed by atoms with van der Waals surface area (Å²) in [6.45, 7) is 10.6. The Morgan fingerprint density at radius 3 is 1.46 bits per heavy atom. The molecule has 0 bridgehead atoms. The van der Waals surface area contributed by atoms with Gasteiger partial charge in [0.15, 0.2) is 0 Å². The van der Waals surface area contributed by atoms with Crippen molar-refractivity contribution >= 4 is 0 Å². The van der Waals surface area contributed by atoms with Crippen molar-refractivity contribution in [2.75, 3.05) is 19.6 Å². The van der Waals surface area contributed by atoms with Gasteiger partial charge in [-0.25, -0.2) is 0 Å². The van der Waals surface area contributed by atoms with Crippen molar-refractivity contribution in [3.63, 3.8) is 0 Å². The van der Waals surface area contributed by atoms with E-state index < -0.39 is 5.60 Å². The van der Waals surface area contributed by atoms with Gasteiger partial charge >= 0.3 is 0 Å². The Hall–Kier alpha value is -0.120. The standard InChI is InChI=1S/C6H15NO.C4H11N/c1-3-6(8,4-2)5-7;1-3-5-4-2/h8H,3-5,7H2,1-2H3;5H,3-4H2,1-2H3. The third-order valence-electron chi connectivity index (χ3n) is 2.20. The van der Waals surface area contributed by atoms with E-state index in [9.17, 15) is 5.11 Å². The summed E-state index contributed by atoms with van der Waals surface area (Å²) in [6.07, 6.45) is 1.50. The molecular formula is C10H26N2O. The molecule has 0 heterocycles. The Labute approximate surface area is 82.7 Å². The molecule has 0 aromatic rings. The molecule has 0 unspecified atom stereocenters. The molecule has 0 spiro atoms. The number of rotatable bonds is 5. The van der Waals surface area contributed by atoms with Gasteiger partial charge in [-0.2, -0.15) is 0 Å². The third-order valence-corrected chi connectivity index (χ3v) is 2.20. The molecule has 0 fully saturated rings. The van der Waals surface area contributed by atoms with E-state index in [-0.39, 0.29) is 0 Å². The maximum Gasteiger partial charge on any atom is 0.0764 e. The predicted molar refractivity (Wildman–Crippen MR) is 58.8 cm³/mol. The molecule has 0 aliphatic carbocycles. The smallest absolute Gasteiger partial charge is 0.0764 e. The maximum absolute atomic E-state index is 9.31. The average Bonchev–Trinajstić information content (AvgIpc) is 2.19. The molecule has 0 aliphatic heterocycles. The van der Waals surface area contributed by atoms with E-state index in [0.29, 0.717) is 6.54 Å². The van der Waals surface area contributed by atoms with Crippen LogP contribution in [0, 0.1) is 0 Å². The van der Waals surface area contributed by atoms with Crippen LogP contribution in [0.15, 0.2) is 0 Å². The number of hydrogen-bond donors (Lipinski definition) is 3. The summed E-state index contributed by atoms with van der Waals surface area (Å²) >= 11 is 0. The Morgan fingerprint density at radius 1 is 1.08 bits per heavy atom. The van der Waals surface area contributed by atoms with Crippen LogP contribution in [0.2, 0.25) is 0 Å². The molecule has 0 radical (unpaired) electrons. The number of nitrogens with two attached hydrogens (primary N) is 1. The van der Waals surface area contributed by atoms with E-state index in [0.717, 1.165) is 25.9 Å². The minimum Gasteiger partial charge on any atom is -0.389 e. The largest absolute Gasteiger partial charge is 0.389 e. The minimum atomic E-state index is -0.597. The number of hydrogen-bond acceptors (Lipinski definition) is 3.